The zero-order chi connectivity index (χ0) is 12.4. The first-order chi connectivity index (χ1) is 7.23. The van der Waals surface area contributed by atoms with Crippen molar-refractivity contribution in [3.05, 3.63) is 0 Å². The van der Waals surface area contributed by atoms with Crippen molar-refractivity contribution in [3.8, 4) is 0 Å². The van der Waals surface area contributed by atoms with Crippen LogP contribution in [0.5, 0.6) is 0 Å². The Morgan fingerprint density at radius 3 is 2.44 bits per heavy atom. The van der Waals surface area contributed by atoms with E-state index in [4.69, 9.17) is 0 Å². The van der Waals surface area contributed by atoms with Gasteiger partial charge in [-0.1, -0.05) is 48.0 Å². The Kier molecular flexibility index (Phi) is 4.45. The largest absolute Gasteiger partial charge is 0.313 e. The first-order valence-electron chi connectivity index (χ1n) is 6.96. The molecule has 0 aromatic heterocycles. The Hall–Kier alpha value is -0.0400. The molecule has 1 aliphatic carbocycles. The number of nitrogens with one attached hydrogen (secondary N) is 1. The normalized spacial score (nSPS) is 26.1. The maximum Gasteiger partial charge on any atom is 0.00723 e. The lowest BCUT2D eigenvalue weighted by atomic mass is 9.74. The molecule has 0 aliphatic heterocycles. The maximum absolute atomic E-state index is 3.80. The molecule has 0 heterocycles. The first-order valence-corrected chi connectivity index (χ1v) is 6.96. The summed E-state index contributed by atoms with van der Waals surface area (Å²) in [6.45, 7) is 15.4. The molecule has 96 valence electrons. The molecule has 16 heavy (non-hydrogen) atoms. The smallest absolute Gasteiger partial charge is 0.00723 e. The van der Waals surface area contributed by atoms with E-state index in [9.17, 15) is 0 Å². The summed E-state index contributed by atoms with van der Waals surface area (Å²) in [7, 11) is 0. The standard InChI is InChI=1S/C15H31N/c1-12(2)15(5,6)11-16-13-8-7-9-14(3,4)10-13/h12-13,16H,7-11H2,1-6H3. The predicted molar refractivity (Wildman–Crippen MR) is 72.7 cm³/mol. The van der Waals surface area contributed by atoms with Gasteiger partial charge in [-0.3, -0.25) is 0 Å². The molecule has 0 amide bonds. The van der Waals surface area contributed by atoms with Gasteiger partial charge in [0.15, 0.2) is 0 Å². The molecule has 1 heteroatoms. The van der Waals surface area contributed by atoms with Crippen molar-refractivity contribution in [2.45, 2.75) is 73.3 Å². The molecule has 0 aromatic rings. The molecule has 1 unspecified atom stereocenters. The fourth-order valence-electron chi connectivity index (χ4n) is 2.48. The second-order valence-corrected chi connectivity index (χ2v) is 7.48. The fourth-order valence-corrected chi connectivity index (χ4v) is 2.48. The van der Waals surface area contributed by atoms with Crippen LogP contribution < -0.4 is 5.32 Å². The van der Waals surface area contributed by atoms with Crippen LogP contribution in [-0.2, 0) is 0 Å². The molecule has 0 bridgehead atoms. The summed E-state index contributed by atoms with van der Waals surface area (Å²) in [5, 5.41) is 3.80. The summed E-state index contributed by atoms with van der Waals surface area (Å²) in [4.78, 5) is 0. The van der Waals surface area contributed by atoms with Crippen LogP contribution in [0.25, 0.3) is 0 Å². The van der Waals surface area contributed by atoms with E-state index >= 15 is 0 Å². The predicted octanol–water partition coefficient (Wildman–Crippen LogP) is 4.23. The van der Waals surface area contributed by atoms with Gasteiger partial charge in [0.1, 0.15) is 0 Å². The third-order valence-electron chi connectivity index (χ3n) is 4.61. The van der Waals surface area contributed by atoms with Crippen molar-refractivity contribution in [1.29, 1.82) is 0 Å². The van der Waals surface area contributed by atoms with Crippen LogP contribution in [0.3, 0.4) is 0 Å². The van der Waals surface area contributed by atoms with E-state index in [1.54, 1.807) is 0 Å². The summed E-state index contributed by atoms with van der Waals surface area (Å²) in [6, 6.07) is 0.752. The van der Waals surface area contributed by atoms with E-state index < -0.39 is 0 Å². The van der Waals surface area contributed by atoms with Crippen molar-refractivity contribution in [2.75, 3.05) is 6.54 Å². The monoisotopic (exact) mass is 225 g/mol. The van der Waals surface area contributed by atoms with Crippen LogP contribution in [0.4, 0.5) is 0 Å². The zero-order valence-electron chi connectivity index (χ0n) is 12.2. The molecule has 1 N–H and O–H groups in total. The highest BCUT2D eigenvalue weighted by atomic mass is 14.9. The van der Waals surface area contributed by atoms with Crippen LogP contribution in [-0.4, -0.2) is 12.6 Å². The lowest BCUT2D eigenvalue weighted by Gasteiger charge is -2.38. The summed E-state index contributed by atoms with van der Waals surface area (Å²) in [5.41, 5.74) is 0.972. The van der Waals surface area contributed by atoms with E-state index in [1.807, 2.05) is 0 Å². The number of hydrogen-bond acceptors (Lipinski definition) is 1. The second-order valence-electron chi connectivity index (χ2n) is 7.48. The Morgan fingerprint density at radius 1 is 1.31 bits per heavy atom. The van der Waals surface area contributed by atoms with E-state index in [-0.39, 0.29) is 0 Å². The minimum Gasteiger partial charge on any atom is -0.313 e. The van der Waals surface area contributed by atoms with Crippen molar-refractivity contribution in [3.63, 3.8) is 0 Å². The van der Waals surface area contributed by atoms with Crippen LogP contribution in [0.15, 0.2) is 0 Å². The maximum atomic E-state index is 3.80. The van der Waals surface area contributed by atoms with E-state index in [2.05, 4.69) is 46.9 Å². The zero-order valence-corrected chi connectivity index (χ0v) is 12.2. The Bertz CT molecular complexity index is 215. The second kappa shape index (κ2) is 5.08. The molecule has 1 saturated carbocycles. The summed E-state index contributed by atoms with van der Waals surface area (Å²) in [5.74, 6) is 0.747. The average Bonchev–Trinajstić information content (AvgIpc) is 2.13. The van der Waals surface area contributed by atoms with Crippen LogP contribution in [0, 0.1) is 16.7 Å². The third-order valence-corrected chi connectivity index (χ3v) is 4.61. The van der Waals surface area contributed by atoms with Crippen molar-refractivity contribution < 1.29 is 0 Å². The van der Waals surface area contributed by atoms with Gasteiger partial charge in [-0.2, -0.15) is 0 Å². The van der Waals surface area contributed by atoms with Crippen molar-refractivity contribution in [2.24, 2.45) is 16.7 Å². The summed E-state index contributed by atoms with van der Waals surface area (Å²) < 4.78 is 0. The summed E-state index contributed by atoms with van der Waals surface area (Å²) in [6.07, 6.45) is 5.52. The molecule has 1 atom stereocenters. The van der Waals surface area contributed by atoms with Gasteiger partial charge in [0.2, 0.25) is 0 Å². The number of rotatable bonds is 4. The molecule has 0 spiro atoms. The molecule has 1 aliphatic rings. The molecular formula is C15H31N. The molecule has 1 rings (SSSR count). The van der Waals surface area contributed by atoms with Crippen LogP contribution >= 0.6 is 0 Å². The van der Waals surface area contributed by atoms with Crippen molar-refractivity contribution >= 4 is 0 Å². The highest BCUT2D eigenvalue weighted by molar-refractivity contribution is 4.85. The Morgan fingerprint density at radius 2 is 1.94 bits per heavy atom. The fraction of sp³-hybridized carbons (Fsp3) is 1.00. The Labute approximate surface area is 102 Å². The molecular weight excluding hydrogens is 194 g/mol. The highest BCUT2D eigenvalue weighted by Gasteiger charge is 2.29. The van der Waals surface area contributed by atoms with Gasteiger partial charge in [-0.05, 0) is 36.0 Å². The third kappa shape index (κ3) is 4.08. The molecule has 0 aromatic carbocycles. The van der Waals surface area contributed by atoms with E-state index in [1.165, 1.54) is 25.7 Å². The van der Waals surface area contributed by atoms with Gasteiger partial charge in [-0.25, -0.2) is 0 Å². The lowest BCUT2D eigenvalue weighted by Crippen LogP contribution is -2.43. The van der Waals surface area contributed by atoms with E-state index in [0.29, 0.717) is 10.8 Å². The molecule has 1 fully saturated rings. The quantitative estimate of drug-likeness (QED) is 0.755. The molecule has 1 nitrogen and oxygen atoms in total. The minimum absolute atomic E-state index is 0.418. The topological polar surface area (TPSA) is 12.0 Å². The van der Waals surface area contributed by atoms with Crippen LogP contribution in [0.1, 0.15) is 67.2 Å². The van der Waals surface area contributed by atoms with Gasteiger partial charge in [0.05, 0.1) is 0 Å². The van der Waals surface area contributed by atoms with Gasteiger partial charge in [0, 0.05) is 12.6 Å². The average molecular weight is 225 g/mol. The lowest BCUT2D eigenvalue weighted by molar-refractivity contribution is 0.168. The SMILES string of the molecule is CC(C)C(C)(C)CNC1CCCC(C)(C)C1. The van der Waals surface area contributed by atoms with Crippen molar-refractivity contribution in [1.82, 2.24) is 5.32 Å². The van der Waals surface area contributed by atoms with E-state index in [0.717, 1.165) is 18.5 Å². The molecule has 0 radical (unpaired) electrons. The van der Waals surface area contributed by atoms with Gasteiger partial charge >= 0.3 is 0 Å². The molecule has 0 saturated heterocycles. The van der Waals surface area contributed by atoms with Crippen LogP contribution in [0.2, 0.25) is 0 Å². The summed E-state index contributed by atoms with van der Waals surface area (Å²) >= 11 is 0. The first kappa shape index (κ1) is 14.0. The van der Waals surface area contributed by atoms with Gasteiger partial charge in [0.25, 0.3) is 0 Å². The van der Waals surface area contributed by atoms with Gasteiger partial charge in [-0.15, -0.1) is 0 Å². The highest BCUT2D eigenvalue weighted by Crippen LogP contribution is 2.35. The number of hydrogen-bond donors (Lipinski definition) is 1. The Balaban J connectivity index is 2.38. The minimum atomic E-state index is 0.418. The van der Waals surface area contributed by atoms with Gasteiger partial charge < -0.3 is 5.32 Å².